The van der Waals surface area contributed by atoms with E-state index >= 15 is 0 Å². The van der Waals surface area contributed by atoms with Crippen LogP contribution in [0, 0.1) is 5.82 Å². The van der Waals surface area contributed by atoms with Crippen LogP contribution in [0.4, 0.5) is 20.6 Å². The Morgan fingerprint density at radius 1 is 1.39 bits per heavy atom. The largest absolute Gasteiger partial charge is 0.381 e. The fourth-order valence-electron chi connectivity index (χ4n) is 2.65. The number of rotatable bonds is 4. The van der Waals surface area contributed by atoms with E-state index in [0.717, 1.165) is 12.8 Å². The summed E-state index contributed by atoms with van der Waals surface area (Å²) in [7, 11) is 3.54. The van der Waals surface area contributed by atoms with E-state index in [1.807, 2.05) is 25.8 Å². The van der Waals surface area contributed by atoms with Gasteiger partial charge < -0.3 is 19.9 Å². The van der Waals surface area contributed by atoms with E-state index in [0.29, 0.717) is 24.5 Å². The molecule has 1 saturated heterocycles. The second-order valence-electron chi connectivity index (χ2n) is 6.22. The SMILES string of the molecule is COC1CCN(C(=O)Nc2ccc(N(C)C(C)C)c(F)c2)CC1. The monoisotopic (exact) mass is 323 g/mol. The van der Waals surface area contributed by atoms with E-state index in [-0.39, 0.29) is 24.0 Å². The van der Waals surface area contributed by atoms with Gasteiger partial charge in [-0.05, 0) is 44.9 Å². The fraction of sp³-hybridized carbons (Fsp3) is 0.588. The van der Waals surface area contributed by atoms with Crippen molar-refractivity contribution in [2.45, 2.75) is 38.8 Å². The number of hydrogen-bond donors (Lipinski definition) is 1. The fourth-order valence-corrected chi connectivity index (χ4v) is 2.65. The molecule has 0 radical (unpaired) electrons. The molecule has 23 heavy (non-hydrogen) atoms. The normalized spacial score (nSPS) is 15.8. The molecule has 1 aromatic rings. The molecule has 0 bridgehead atoms. The number of methoxy groups -OCH3 is 1. The van der Waals surface area contributed by atoms with Gasteiger partial charge in [-0.25, -0.2) is 9.18 Å². The second kappa shape index (κ2) is 7.64. The molecule has 0 unspecified atom stereocenters. The van der Waals surface area contributed by atoms with Crippen molar-refractivity contribution in [3.05, 3.63) is 24.0 Å². The van der Waals surface area contributed by atoms with Gasteiger partial charge in [-0.1, -0.05) is 0 Å². The van der Waals surface area contributed by atoms with Crippen LogP contribution in [0.1, 0.15) is 26.7 Å². The lowest BCUT2D eigenvalue weighted by Gasteiger charge is -2.31. The molecular formula is C17H26FN3O2. The van der Waals surface area contributed by atoms with Crippen molar-refractivity contribution in [3.63, 3.8) is 0 Å². The number of nitrogens with one attached hydrogen (secondary N) is 1. The van der Waals surface area contributed by atoms with E-state index in [9.17, 15) is 9.18 Å². The van der Waals surface area contributed by atoms with Gasteiger partial charge in [-0.3, -0.25) is 0 Å². The lowest BCUT2D eigenvalue weighted by molar-refractivity contribution is 0.0521. The number of anilines is 2. The van der Waals surface area contributed by atoms with Gasteiger partial charge in [0.15, 0.2) is 0 Å². The first-order valence-electron chi connectivity index (χ1n) is 8.03. The number of carbonyl (C=O) groups is 1. The van der Waals surface area contributed by atoms with E-state index in [1.54, 1.807) is 24.1 Å². The Balaban J connectivity index is 1.98. The van der Waals surface area contributed by atoms with Gasteiger partial charge in [0, 0.05) is 39.0 Å². The molecule has 1 heterocycles. The van der Waals surface area contributed by atoms with Crippen LogP contribution in [-0.4, -0.2) is 50.3 Å². The third-order valence-corrected chi connectivity index (χ3v) is 4.42. The minimum absolute atomic E-state index is 0.191. The van der Waals surface area contributed by atoms with Gasteiger partial charge in [0.1, 0.15) is 5.82 Å². The Kier molecular flexibility index (Phi) is 5.82. The lowest BCUT2D eigenvalue weighted by Crippen LogP contribution is -2.42. The van der Waals surface area contributed by atoms with Crippen LogP contribution in [0.15, 0.2) is 18.2 Å². The standard InChI is InChI=1S/C17H26FN3O2/c1-12(2)20(3)16-6-5-13(11-15(16)18)19-17(22)21-9-7-14(23-4)8-10-21/h5-6,11-12,14H,7-10H2,1-4H3,(H,19,22). The summed E-state index contributed by atoms with van der Waals surface area (Å²) < 4.78 is 19.5. The summed E-state index contributed by atoms with van der Waals surface area (Å²) in [5.74, 6) is -0.336. The number of benzene rings is 1. The topological polar surface area (TPSA) is 44.8 Å². The van der Waals surface area contributed by atoms with Crippen molar-refractivity contribution >= 4 is 17.4 Å². The van der Waals surface area contributed by atoms with Crippen LogP contribution in [0.5, 0.6) is 0 Å². The van der Waals surface area contributed by atoms with E-state index < -0.39 is 0 Å². The zero-order chi connectivity index (χ0) is 17.0. The average molecular weight is 323 g/mol. The Morgan fingerprint density at radius 2 is 2.04 bits per heavy atom. The summed E-state index contributed by atoms with van der Waals surface area (Å²) in [4.78, 5) is 15.8. The minimum atomic E-state index is -0.336. The summed E-state index contributed by atoms with van der Waals surface area (Å²) in [6.07, 6.45) is 1.88. The highest BCUT2D eigenvalue weighted by molar-refractivity contribution is 5.89. The number of piperidine rings is 1. The minimum Gasteiger partial charge on any atom is -0.381 e. The summed E-state index contributed by atoms with van der Waals surface area (Å²) >= 11 is 0. The molecule has 6 heteroatoms. The highest BCUT2D eigenvalue weighted by atomic mass is 19.1. The molecule has 5 nitrogen and oxygen atoms in total. The number of urea groups is 1. The third kappa shape index (κ3) is 4.34. The molecule has 0 aromatic heterocycles. The van der Waals surface area contributed by atoms with Gasteiger partial charge in [0.05, 0.1) is 11.8 Å². The number of nitrogens with zero attached hydrogens (tertiary/aromatic N) is 2. The predicted molar refractivity (Wildman–Crippen MR) is 90.6 cm³/mol. The van der Waals surface area contributed by atoms with Crippen LogP contribution < -0.4 is 10.2 Å². The van der Waals surface area contributed by atoms with Crippen LogP contribution in [0.25, 0.3) is 0 Å². The quantitative estimate of drug-likeness (QED) is 0.924. The number of hydrogen-bond acceptors (Lipinski definition) is 3. The first-order valence-corrected chi connectivity index (χ1v) is 8.03. The summed E-state index contributed by atoms with van der Waals surface area (Å²) in [5.41, 5.74) is 1.00. The smallest absolute Gasteiger partial charge is 0.321 e. The van der Waals surface area contributed by atoms with Crippen LogP contribution in [0.3, 0.4) is 0 Å². The zero-order valence-corrected chi connectivity index (χ0v) is 14.3. The molecule has 0 spiro atoms. The maximum Gasteiger partial charge on any atom is 0.321 e. The number of amides is 2. The molecule has 1 aromatic carbocycles. The highest BCUT2D eigenvalue weighted by Gasteiger charge is 2.22. The van der Waals surface area contributed by atoms with E-state index in [4.69, 9.17) is 4.74 Å². The van der Waals surface area contributed by atoms with Crippen LogP contribution in [0.2, 0.25) is 0 Å². The lowest BCUT2D eigenvalue weighted by atomic mass is 10.1. The van der Waals surface area contributed by atoms with Crippen molar-refractivity contribution in [1.29, 1.82) is 0 Å². The molecule has 0 atom stereocenters. The molecule has 2 rings (SSSR count). The van der Waals surface area contributed by atoms with E-state index in [2.05, 4.69) is 5.32 Å². The van der Waals surface area contributed by atoms with E-state index in [1.165, 1.54) is 6.07 Å². The van der Waals surface area contributed by atoms with Crippen LogP contribution >= 0.6 is 0 Å². The molecule has 1 aliphatic rings. The molecule has 128 valence electrons. The van der Waals surface area contributed by atoms with Crippen molar-refractivity contribution in [2.75, 3.05) is 37.5 Å². The Bertz CT molecular complexity index is 543. The van der Waals surface area contributed by atoms with Crippen molar-refractivity contribution in [1.82, 2.24) is 4.90 Å². The number of halogens is 1. The van der Waals surface area contributed by atoms with Gasteiger partial charge in [-0.2, -0.15) is 0 Å². The highest BCUT2D eigenvalue weighted by Crippen LogP contribution is 2.24. The summed E-state index contributed by atoms with van der Waals surface area (Å²) in [5, 5.41) is 2.77. The van der Waals surface area contributed by atoms with Gasteiger partial charge >= 0.3 is 6.03 Å². The summed E-state index contributed by atoms with van der Waals surface area (Å²) in [6, 6.07) is 4.81. The predicted octanol–water partition coefficient (Wildman–Crippen LogP) is 3.31. The number of ether oxygens (including phenoxy) is 1. The Labute approximate surface area is 137 Å². The van der Waals surface area contributed by atoms with Gasteiger partial charge in [0.2, 0.25) is 0 Å². The maximum absolute atomic E-state index is 14.2. The van der Waals surface area contributed by atoms with Crippen LogP contribution in [-0.2, 0) is 4.74 Å². The molecule has 1 fully saturated rings. The first-order chi connectivity index (χ1) is 10.9. The average Bonchev–Trinajstić information content (AvgIpc) is 2.54. The third-order valence-electron chi connectivity index (χ3n) is 4.42. The Hall–Kier alpha value is -1.82. The van der Waals surface area contributed by atoms with Gasteiger partial charge in [0.25, 0.3) is 0 Å². The molecular weight excluding hydrogens is 297 g/mol. The molecule has 1 aliphatic heterocycles. The zero-order valence-electron chi connectivity index (χ0n) is 14.3. The second-order valence-corrected chi connectivity index (χ2v) is 6.22. The summed E-state index contributed by atoms with van der Waals surface area (Å²) in [6.45, 7) is 5.31. The molecule has 1 N–H and O–H groups in total. The van der Waals surface area contributed by atoms with Gasteiger partial charge in [-0.15, -0.1) is 0 Å². The number of carbonyl (C=O) groups excluding carboxylic acids is 1. The Morgan fingerprint density at radius 3 is 2.57 bits per heavy atom. The van der Waals surface area contributed by atoms with Crippen molar-refractivity contribution in [2.24, 2.45) is 0 Å². The molecule has 0 aliphatic carbocycles. The van der Waals surface area contributed by atoms with Crippen molar-refractivity contribution < 1.29 is 13.9 Å². The molecule has 2 amide bonds. The van der Waals surface area contributed by atoms with Crippen molar-refractivity contribution in [3.8, 4) is 0 Å². The molecule has 0 saturated carbocycles. The number of likely N-dealkylation sites (tertiary alicyclic amines) is 1. The maximum atomic E-state index is 14.2. The first kappa shape index (κ1) is 17.5.